The molecule has 0 aromatic heterocycles. The summed E-state index contributed by atoms with van der Waals surface area (Å²) < 4.78 is 0. The lowest BCUT2D eigenvalue weighted by Crippen LogP contribution is -2.45. The van der Waals surface area contributed by atoms with E-state index in [2.05, 4.69) is 20.9 Å². The van der Waals surface area contributed by atoms with Gasteiger partial charge in [0.05, 0.1) is 23.2 Å². The van der Waals surface area contributed by atoms with Crippen LogP contribution in [0.25, 0.3) is 0 Å². The van der Waals surface area contributed by atoms with Gasteiger partial charge in [-0.1, -0.05) is 41.9 Å². The smallest absolute Gasteiger partial charge is 0.252 e. The molecule has 3 rings (SSSR count). The molecular formula is C22H27ClIN5O2. The van der Waals surface area contributed by atoms with E-state index in [1.165, 1.54) is 0 Å². The van der Waals surface area contributed by atoms with Gasteiger partial charge in [0.1, 0.15) is 0 Å². The number of benzene rings is 2. The maximum absolute atomic E-state index is 12.4. The number of rotatable bonds is 7. The highest BCUT2D eigenvalue weighted by atomic mass is 127. The van der Waals surface area contributed by atoms with Crippen LogP contribution in [-0.2, 0) is 4.79 Å². The average Bonchev–Trinajstić information content (AvgIpc) is 3.12. The van der Waals surface area contributed by atoms with Crippen LogP contribution >= 0.6 is 35.6 Å². The SMILES string of the molecule is CCNC(=NCCNC(=O)c1ccccc1Cl)NC1CC(=O)N(c2ccccc2)C1.I. The zero-order chi connectivity index (χ0) is 21.3. The number of halogens is 2. The molecule has 1 unspecified atom stereocenters. The molecule has 0 aliphatic carbocycles. The molecule has 3 N–H and O–H groups in total. The second-order valence-electron chi connectivity index (χ2n) is 6.88. The van der Waals surface area contributed by atoms with Gasteiger partial charge in [-0.15, -0.1) is 24.0 Å². The standard InChI is InChI=1S/C22H26ClN5O2.HI/c1-2-24-22(26-13-12-25-21(30)18-10-6-7-11-19(18)23)27-16-14-20(29)28(15-16)17-8-4-3-5-9-17;/h3-11,16H,2,12-15H2,1H3,(H,25,30)(H2,24,26,27);1H. The van der Waals surface area contributed by atoms with Gasteiger partial charge in [0.25, 0.3) is 5.91 Å². The molecule has 0 saturated carbocycles. The lowest BCUT2D eigenvalue weighted by atomic mass is 10.2. The highest BCUT2D eigenvalue weighted by Crippen LogP contribution is 2.21. The van der Waals surface area contributed by atoms with Crippen LogP contribution in [0.1, 0.15) is 23.7 Å². The van der Waals surface area contributed by atoms with Crippen LogP contribution in [0.15, 0.2) is 59.6 Å². The van der Waals surface area contributed by atoms with Crippen LogP contribution in [0, 0.1) is 0 Å². The number of hydrogen-bond donors (Lipinski definition) is 3. The summed E-state index contributed by atoms with van der Waals surface area (Å²) in [5.74, 6) is 0.479. The Labute approximate surface area is 204 Å². The van der Waals surface area contributed by atoms with E-state index in [0.29, 0.717) is 49.1 Å². The van der Waals surface area contributed by atoms with Crippen molar-refractivity contribution in [1.29, 1.82) is 0 Å². The molecule has 0 radical (unpaired) electrons. The van der Waals surface area contributed by atoms with Crippen molar-refractivity contribution in [2.24, 2.45) is 4.99 Å². The fourth-order valence-electron chi connectivity index (χ4n) is 3.25. The Bertz CT molecular complexity index is 910. The molecule has 2 aromatic carbocycles. The maximum atomic E-state index is 12.4. The van der Waals surface area contributed by atoms with Gasteiger partial charge in [0, 0.05) is 31.7 Å². The van der Waals surface area contributed by atoms with Gasteiger partial charge in [-0.05, 0) is 31.2 Å². The molecule has 1 heterocycles. The largest absolute Gasteiger partial charge is 0.357 e. The van der Waals surface area contributed by atoms with Crippen LogP contribution < -0.4 is 20.9 Å². The Kier molecular flexibility index (Phi) is 10.1. The predicted octanol–water partition coefficient (Wildman–Crippen LogP) is 3.05. The van der Waals surface area contributed by atoms with Gasteiger partial charge in [-0.3, -0.25) is 14.6 Å². The topological polar surface area (TPSA) is 85.8 Å². The molecule has 166 valence electrons. The Morgan fingerprint density at radius 1 is 1.13 bits per heavy atom. The van der Waals surface area contributed by atoms with Crippen molar-refractivity contribution in [2.75, 3.05) is 31.1 Å². The van der Waals surface area contributed by atoms with E-state index in [0.717, 1.165) is 5.69 Å². The fourth-order valence-corrected chi connectivity index (χ4v) is 3.47. The highest BCUT2D eigenvalue weighted by molar-refractivity contribution is 14.0. The summed E-state index contributed by atoms with van der Waals surface area (Å²) in [6, 6.07) is 16.5. The molecule has 1 aliphatic heterocycles. The first-order valence-electron chi connectivity index (χ1n) is 10.0. The van der Waals surface area contributed by atoms with Crippen LogP contribution in [-0.4, -0.2) is 50.0 Å². The van der Waals surface area contributed by atoms with Gasteiger partial charge >= 0.3 is 0 Å². The van der Waals surface area contributed by atoms with E-state index in [-0.39, 0.29) is 41.8 Å². The number of guanidine groups is 1. The molecular weight excluding hydrogens is 529 g/mol. The number of carbonyl (C=O) groups excluding carboxylic acids is 2. The van der Waals surface area contributed by atoms with Gasteiger partial charge in [0.2, 0.25) is 5.91 Å². The maximum Gasteiger partial charge on any atom is 0.252 e. The predicted molar refractivity (Wildman–Crippen MR) is 136 cm³/mol. The summed E-state index contributed by atoms with van der Waals surface area (Å²) in [7, 11) is 0. The Morgan fingerprint density at radius 3 is 2.55 bits per heavy atom. The quantitative estimate of drug-likeness (QED) is 0.212. The number of nitrogens with zero attached hydrogens (tertiary/aromatic N) is 2. The minimum Gasteiger partial charge on any atom is -0.357 e. The summed E-state index contributed by atoms with van der Waals surface area (Å²) in [5, 5.41) is 9.74. The first kappa shape index (κ1) is 24.9. The number of nitrogens with one attached hydrogen (secondary N) is 3. The van der Waals surface area contributed by atoms with Crippen molar-refractivity contribution >= 4 is 59.0 Å². The van der Waals surface area contributed by atoms with E-state index in [1.54, 1.807) is 29.2 Å². The van der Waals surface area contributed by atoms with Crippen molar-refractivity contribution in [3.63, 3.8) is 0 Å². The molecule has 2 aromatic rings. The van der Waals surface area contributed by atoms with Crippen molar-refractivity contribution in [3.05, 3.63) is 65.2 Å². The minimum absolute atomic E-state index is 0. The van der Waals surface area contributed by atoms with Crippen molar-refractivity contribution in [3.8, 4) is 0 Å². The number of para-hydroxylation sites is 1. The molecule has 1 saturated heterocycles. The van der Waals surface area contributed by atoms with Gasteiger partial charge in [-0.2, -0.15) is 0 Å². The lowest BCUT2D eigenvalue weighted by Gasteiger charge is -2.19. The zero-order valence-corrected chi connectivity index (χ0v) is 20.4. The summed E-state index contributed by atoms with van der Waals surface area (Å²) >= 11 is 6.05. The number of aliphatic imine (C=N–C) groups is 1. The molecule has 1 atom stereocenters. The molecule has 2 amide bonds. The van der Waals surface area contributed by atoms with Crippen molar-refractivity contribution in [1.82, 2.24) is 16.0 Å². The first-order valence-corrected chi connectivity index (χ1v) is 10.4. The molecule has 0 bridgehead atoms. The van der Waals surface area contributed by atoms with E-state index < -0.39 is 0 Å². The third-order valence-corrected chi connectivity index (χ3v) is 4.99. The third-order valence-electron chi connectivity index (χ3n) is 4.66. The Balaban J connectivity index is 0.00000341. The highest BCUT2D eigenvalue weighted by Gasteiger charge is 2.31. The van der Waals surface area contributed by atoms with E-state index >= 15 is 0 Å². The minimum atomic E-state index is -0.228. The van der Waals surface area contributed by atoms with E-state index in [9.17, 15) is 9.59 Å². The van der Waals surface area contributed by atoms with Crippen LogP contribution in [0.2, 0.25) is 5.02 Å². The summed E-state index contributed by atoms with van der Waals surface area (Å²) in [4.78, 5) is 30.9. The van der Waals surface area contributed by atoms with Gasteiger partial charge in [0.15, 0.2) is 5.96 Å². The van der Waals surface area contributed by atoms with Crippen molar-refractivity contribution in [2.45, 2.75) is 19.4 Å². The fraction of sp³-hybridized carbons (Fsp3) is 0.318. The van der Waals surface area contributed by atoms with Gasteiger partial charge in [-0.25, -0.2) is 0 Å². The molecule has 1 fully saturated rings. The Hall–Kier alpha value is -2.33. The second-order valence-corrected chi connectivity index (χ2v) is 7.29. The summed E-state index contributed by atoms with van der Waals surface area (Å²) in [5.41, 5.74) is 1.34. The summed E-state index contributed by atoms with van der Waals surface area (Å²) in [6.07, 6.45) is 0.405. The first-order chi connectivity index (χ1) is 14.6. The lowest BCUT2D eigenvalue weighted by molar-refractivity contribution is -0.117. The van der Waals surface area contributed by atoms with Gasteiger partial charge < -0.3 is 20.9 Å². The van der Waals surface area contributed by atoms with E-state index in [1.807, 2.05) is 37.3 Å². The molecule has 0 spiro atoms. The number of anilines is 1. The number of amides is 2. The second kappa shape index (κ2) is 12.5. The summed E-state index contributed by atoms with van der Waals surface area (Å²) in [6.45, 7) is 4.03. The normalized spacial score (nSPS) is 15.9. The van der Waals surface area contributed by atoms with Crippen LogP contribution in [0.3, 0.4) is 0 Å². The van der Waals surface area contributed by atoms with Crippen LogP contribution in [0.5, 0.6) is 0 Å². The zero-order valence-electron chi connectivity index (χ0n) is 17.3. The molecule has 7 nitrogen and oxygen atoms in total. The molecule has 1 aliphatic rings. The monoisotopic (exact) mass is 555 g/mol. The molecule has 31 heavy (non-hydrogen) atoms. The number of hydrogen-bond acceptors (Lipinski definition) is 3. The third kappa shape index (κ3) is 7.10. The van der Waals surface area contributed by atoms with E-state index in [4.69, 9.17) is 11.6 Å². The average molecular weight is 556 g/mol. The molecule has 9 heteroatoms. The van der Waals surface area contributed by atoms with Crippen molar-refractivity contribution < 1.29 is 9.59 Å². The Morgan fingerprint density at radius 2 is 1.84 bits per heavy atom. The van der Waals surface area contributed by atoms with Crippen LogP contribution in [0.4, 0.5) is 5.69 Å². The number of carbonyl (C=O) groups is 2.